The van der Waals surface area contributed by atoms with Crippen molar-refractivity contribution in [1.82, 2.24) is 4.57 Å². The first-order valence-corrected chi connectivity index (χ1v) is 24.6. The molecule has 0 spiro atoms. The van der Waals surface area contributed by atoms with E-state index < -0.39 is 0 Å². The molecule has 0 bridgehead atoms. The van der Waals surface area contributed by atoms with Crippen LogP contribution in [0, 0.1) is 0 Å². The molecule has 0 unspecified atom stereocenters. The molecule has 2 aliphatic heterocycles. The van der Waals surface area contributed by atoms with E-state index in [9.17, 15) is 0 Å². The molecule has 0 atom stereocenters. The minimum Gasteiger partial charge on any atom is -0.376 e. The minimum atomic E-state index is -0.0537. The SMILES string of the molecule is CC(C)(C)c1ccc(N2B3c4cc(C(C)(C)C)ccc4-n4c5cc6c(cc5c5c7sc8ccccc8c7c(c3c54)-c3cc4c(cc32)sc2ccccc24)C(C)(C)CCC6(C)C)cc1. The Kier molecular flexibility index (Phi) is 7.42. The molecule has 10 aromatic rings. The Morgan fingerprint density at radius 1 is 0.556 bits per heavy atom. The molecule has 3 aromatic heterocycles. The summed E-state index contributed by atoms with van der Waals surface area (Å²) < 4.78 is 8.18. The van der Waals surface area contributed by atoms with E-state index in [1.165, 1.54) is 136 Å². The van der Waals surface area contributed by atoms with E-state index in [1.807, 2.05) is 22.7 Å². The van der Waals surface area contributed by atoms with Crippen molar-refractivity contribution in [1.29, 1.82) is 0 Å². The van der Waals surface area contributed by atoms with Gasteiger partial charge in [0.2, 0.25) is 0 Å². The number of nitrogens with zero attached hydrogens (tertiary/aromatic N) is 2. The van der Waals surface area contributed by atoms with E-state index in [0.29, 0.717) is 0 Å². The van der Waals surface area contributed by atoms with Crippen molar-refractivity contribution < 1.29 is 0 Å². The lowest BCUT2D eigenvalue weighted by atomic mass is 9.43. The monoisotopic (exact) mass is 852 g/mol. The number of hydrogen-bond donors (Lipinski definition) is 0. The Labute approximate surface area is 379 Å². The maximum atomic E-state index is 2.75. The molecule has 3 aliphatic rings. The number of thiophene rings is 2. The third-order valence-corrected chi connectivity index (χ3v) is 17.9. The van der Waals surface area contributed by atoms with Crippen molar-refractivity contribution in [3.05, 3.63) is 138 Å². The first-order valence-electron chi connectivity index (χ1n) is 23.0. The molecule has 5 heterocycles. The normalized spacial score (nSPS) is 16.5. The van der Waals surface area contributed by atoms with Crippen LogP contribution in [0.5, 0.6) is 0 Å². The van der Waals surface area contributed by atoms with E-state index in [-0.39, 0.29) is 28.5 Å². The summed E-state index contributed by atoms with van der Waals surface area (Å²) in [7, 11) is 0. The number of aromatic nitrogens is 1. The lowest BCUT2D eigenvalue weighted by molar-refractivity contribution is 0.332. The van der Waals surface area contributed by atoms with Gasteiger partial charge >= 0.3 is 6.85 Å². The Morgan fingerprint density at radius 3 is 1.89 bits per heavy atom. The zero-order valence-electron chi connectivity index (χ0n) is 38.2. The number of rotatable bonds is 1. The summed E-state index contributed by atoms with van der Waals surface area (Å²) in [4.78, 5) is 2.75. The van der Waals surface area contributed by atoms with Crippen molar-refractivity contribution in [2.45, 2.75) is 104 Å². The van der Waals surface area contributed by atoms with E-state index >= 15 is 0 Å². The van der Waals surface area contributed by atoms with Crippen LogP contribution in [0.15, 0.2) is 115 Å². The van der Waals surface area contributed by atoms with Gasteiger partial charge in [-0.15, -0.1) is 22.7 Å². The molecule has 0 N–H and O–H groups in total. The zero-order valence-corrected chi connectivity index (χ0v) is 39.8. The lowest BCUT2D eigenvalue weighted by Gasteiger charge is -2.43. The van der Waals surface area contributed by atoms with Crippen LogP contribution in [0.4, 0.5) is 11.4 Å². The predicted molar refractivity (Wildman–Crippen MR) is 278 cm³/mol. The second kappa shape index (κ2) is 12.3. The third kappa shape index (κ3) is 5.07. The molecule has 0 fully saturated rings. The van der Waals surface area contributed by atoms with Gasteiger partial charge in [-0.1, -0.05) is 130 Å². The van der Waals surface area contributed by atoms with E-state index in [4.69, 9.17) is 0 Å². The molecular formula is C58H53BN2S2. The molecule has 310 valence electrons. The van der Waals surface area contributed by atoms with Gasteiger partial charge in [0.1, 0.15) is 0 Å². The lowest BCUT2D eigenvalue weighted by Crippen LogP contribution is -2.60. The highest BCUT2D eigenvalue weighted by Crippen LogP contribution is 2.56. The Balaban J connectivity index is 1.29. The quantitative estimate of drug-likeness (QED) is 0.149. The van der Waals surface area contributed by atoms with Crippen LogP contribution in [0.2, 0.25) is 0 Å². The number of fused-ring (bicyclic) bond motifs is 17. The van der Waals surface area contributed by atoms with Crippen LogP contribution in [-0.2, 0) is 21.7 Å². The van der Waals surface area contributed by atoms with Crippen molar-refractivity contribution >= 4 is 114 Å². The van der Waals surface area contributed by atoms with Gasteiger partial charge in [-0.25, -0.2) is 0 Å². The highest BCUT2D eigenvalue weighted by molar-refractivity contribution is 7.27. The minimum absolute atomic E-state index is 0.0244. The summed E-state index contributed by atoms with van der Waals surface area (Å²) in [6.45, 7) is 23.9. The molecule has 13 rings (SSSR count). The molecule has 0 saturated heterocycles. The van der Waals surface area contributed by atoms with Gasteiger partial charge in [-0.3, -0.25) is 0 Å². The molecule has 2 nitrogen and oxygen atoms in total. The second-order valence-electron chi connectivity index (χ2n) is 22.4. The summed E-state index contributed by atoms with van der Waals surface area (Å²) in [5.74, 6) is 0. The summed E-state index contributed by atoms with van der Waals surface area (Å²) >= 11 is 3.93. The van der Waals surface area contributed by atoms with Gasteiger partial charge in [0.25, 0.3) is 0 Å². The Hall–Kier alpha value is -5.36. The Bertz CT molecular complexity index is 3650. The Morgan fingerprint density at radius 2 is 1.19 bits per heavy atom. The van der Waals surface area contributed by atoms with Crippen LogP contribution in [0.25, 0.3) is 79.0 Å². The molecule has 1 aliphatic carbocycles. The molecular weight excluding hydrogens is 800 g/mol. The average Bonchev–Trinajstić information content (AvgIpc) is 3.92. The first-order chi connectivity index (χ1) is 30.0. The predicted octanol–water partition coefficient (Wildman–Crippen LogP) is 15.7. The van der Waals surface area contributed by atoms with Crippen molar-refractivity contribution in [3.8, 4) is 16.8 Å². The van der Waals surface area contributed by atoms with Gasteiger partial charge in [-0.05, 0) is 128 Å². The molecule has 0 amide bonds. The smallest absolute Gasteiger partial charge is 0.333 e. The van der Waals surface area contributed by atoms with E-state index in [0.717, 1.165) is 0 Å². The van der Waals surface area contributed by atoms with Crippen molar-refractivity contribution in [3.63, 3.8) is 0 Å². The van der Waals surface area contributed by atoms with Crippen LogP contribution in [0.3, 0.4) is 0 Å². The molecule has 0 saturated carbocycles. The van der Waals surface area contributed by atoms with E-state index in [1.54, 1.807) is 0 Å². The van der Waals surface area contributed by atoms with Gasteiger partial charge < -0.3 is 9.38 Å². The summed E-state index contributed by atoms with van der Waals surface area (Å²) in [5, 5.41) is 8.29. The van der Waals surface area contributed by atoms with Gasteiger partial charge in [0.15, 0.2) is 0 Å². The number of benzene rings is 7. The number of hydrogen-bond acceptors (Lipinski definition) is 3. The fraction of sp³-hybridized carbons (Fsp3) is 0.276. The van der Waals surface area contributed by atoms with E-state index in [2.05, 4.69) is 194 Å². The fourth-order valence-electron chi connectivity index (χ4n) is 11.9. The maximum absolute atomic E-state index is 2.75. The molecule has 7 aromatic carbocycles. The van der Waals surface area contributed by atoms with Crippen molar-refractivity contribution in [2.24, 2.45) is 0 Å². The number of anilines is 2. The second-order valence-corrected chi connectivity index (χ2v) is 24.5. The summed E-state index contributed by atoms with van der Waals surface area (Å²) in [6, 6.07) is 45.8. The molecule has 5 heteroatoms. The van der Waals surface area contributed by atoms with Gasteiger partial charge in [0, 0.05) is 73.7 Å². The van der Waals surface area contributed by atoms with Crippen LogP contribution < -0.4 is 15.7 Å². The maximum Gasteiger partial charge on any atom is 0.333 e. The first kappa shape index (κ1) is 38.1. The largest absolute Gasteiger partial charge is 0.376 e. The van der Waals surface area contributed by atoms with Crippen LogP contribution >= 0.6 is 22.7 Å². The summed E-state index contributed by atoms with van der Waals surface area (Å²) in [5.41, 5.74) is 18.1. The molecule has 63 heavy (non-hydrogen) atoms. The third-order valence-electron chi connectivity index (χ3n) is 15.5. The molecule has 0 radical (unpaired) electrons. The van der Waals surface area contributed by atoms with Gasteiger partial charge in [-0.2, -0.15) is 0 Å². The van der Waals surface area contributed by atoms with Gasteiger partial charge in [0.05, 0.1) is 11.0 Å². The van der Waals surface area contributed by atoms with Crippen molar-refractivity contribution in [2.75, 3.05) is 4.81 Å². The van der Waals surface area contributed by atoms with Crippen LogP contribution in [-0.4, -0.2) is 11.4 Å². The average molecular weight is 853 g/mol. The highest BCUT2D eigenvalue weighted by Gasteiger charge is 2.47. The topological polar surface area (TPSA) is 8.17 Å². The zero-order chi connectivity index (χ0) is 43.3. The highest BCUT2D eigenvalue weighted by atomic mass is 32.1. The summed E-state index contributed by atoms with van der Waals surface area (Å²) in [6.07, 6.45) is 2.38. The fourth-order valence-corrected chi connectivity index (χ4v) is 14.3. The standard InChI is InChI=1S/C58H53BN2S2/c1-55(2,3)32-19-22-34(23-20-32)61-45-31-48-37(35-15-11-13-17-46(35)62-48)28-38(45)49-50-36-16-12-14-18-47(36)63-54(50)51-39-29-40-41(58(9,10)26-25-57(40,7)8)30-44(39)60-43-24-21-33(56(4,5)6)27-42(43)59(61)52(49)53(51)60/h11-24,27-31H,25-26H2,1-10H3. The van der Waals surface area contributed by atoms with Crippen LogP contribution in [0.1, 0.15) is 104 Å².